The molecule has 1 aliphatic heterocycles. The smallest absolute Gasteiger partial charge is 0.251 e. The molecule has 1 aromatic rings. The lowest BCUT2D eigenvalue weighted by molar-refractivity contribution is -0.136. The van der Waals surface area contributed by atoms with Crippen LogP contribution in [0.3, 0.4) is 0 Å². The first-order chi connectivity index (χ1) is 9.70. The monoisotopic (exact) mass is 277 g/mol. The highest BCUT2D eigenvalue weighted by molar-refractivity contribution is 5.94. The van der Waals surface area contributed by atoms with Gasteiger partial charge < -0.3 is 15.0 Å². The van der Waals surface area contributed by atoms with Crippen LogP contribution in [0.5, 0.6) is 0 Å². The molecule has 1 N–H and O–H groups in total. The molecule has 0 aromatic carbocycles. The van der Waals surface area contributed by atoms with Crippen molar-refractivity contribution in [1.29, 1.82) is 0 Å². The minimum atomic E-state index is -0.0888. The molecule has 1 aliphatic rings. The maximum absolute atomic E-state index is 12.0. The number of methoxy groups -OCH3 is 1. The number of nitrogens with zero attached hydrogens (tertiary/aromatic N) is 2. The van der Waals surface area contributed by atoms with Gasteiger partial charge in [-0.25, -0.2) is 0 Å². The highest BCUT2D eigenvalue weighted by Gasteiger charge is 2.23. The molecule has 0 unspecified atom stereocenters. The molecular formula is C14H19N3O3. The molecule has 0 saturated carbocycles. The number of amides is 2. The molecule has 6 heteroatoms. The van der Waals surface area contributed by atoms with Crippen LogP contribution < -0.4 is 5.32 Å². The molecule has 0 spiro atoms. The van der Waals surface area contributed by atoms with Crippen LogP contribution in [0, 0.1) is 0 Å². The van der Waals surface area contributed by atoms with Gasteiger partial charge in [-0.05, 0) is 25.0 Å². The van der Waals surface area contributed by atoms with E-state index in [2.05, 4.69) is 10.3 Å². The van der Waals surface area contributed by atoms with Crippen molar-refractivity contribution in [1.82, 2.24) is 15.2 Å². The number of rotatable bonds is 4. The van der Waals surface area contributed by atoms with Crippen LogP contribution >= 0.6 is 0 Å². The van der Waals surface area contributed by atoms with Gasteiger partial charge in [-0.2, -0.15) is 0 Å². The number of aromatic nitrogens is 1. The number of carbonyl (C=O) groups is 2. The van der Waals surface area contributed by atoms with Gasteiger partial charge in [-0.3, -0.25) is 14.6 Å². The van der Waals surface area contributed by atoms with E-state index in [-0.39, 0.29) is 24.5 Å². The predicted octanol–water partition coefficient (Wildman–Crippen LogP) is 0.449. The summed E-state index contributed by atoms with van der Waals surface area (Å²) in [6.45, 7) is 1.43. The molecule has 0 radical (unpaired) electrons. The third-order valence-electron chi connectivity index (χ3n) is 3.39. The number of pyridine rings is 1. The quantitative estimate of drug-likeness (QED) is 0.867. The van der Waals surface area contributed by atoms with Gasteiger partial charge in [0.15, 0.2) is 0 Å². The van der Waals surface area contributed by atoms with Crippen molar-refractivity contribution in [3.05, 3.63) is 30.1 Å². The van der Waals surface area contributed by atoms with E-state index in [9.17, 15) is 9.59 Å². The molecule has 0 bridgehead atoms. The van der Waals surface area contributed by atoms with Crippen LogP contribution in [-0.2, 0) is 9.53 Å². The summed E-state index contributed by atoms with van der Waals surface area (Å²) in [5.41, 5.74) is 0.609. The van der Waals surface area contributed by atoms with Crippen LogP contribution in [0.25, 0.3) is 0 Å². The lowest BCUT2D eigenvalue weighted by atomic mass is 10.0. The Balaban J connectivity index is 1.80. The largest absolute Gasteiger partial charge is 0.375 e. The van der Waals surface area contributed by atoms with Crippen LogP contribution in [0.1, 0.15) is 23.2 Å². The molecule has 108 valence electrons. The molecule has 0 atom stereocenters. The van der Waals surface area contributed by atoms with E-state index in [0.29, 0.717) is 18.7 Å². The number of hydrogen-bond acceptors (Lipinski definition) is 4. The van der Waals surface area contributed by atoms with E-state index in [1.807, 2.05) is 0 Å². The average Bonchev–Trinajstić information content (AvgIpc) is 2.49. The highest BCUT2D eigenvalue weighted by Crippen LogP contribution is 2.11. The van der Waals surface area contributed by atoms with Crippen LogP contribution in [0.2, 0.25) is 0 Å². The second-order valence-corrected chi connectivity index (χ2v) is 4.80. The fourth-order valence-corrected chi connectivity index (χ4v) is 2.26. The topological polar surface area (TPSA) is 71.5 Å². The zero-order chi connectivity index (χ0) is 14.4. The van der Waals surface area contributed by atoms with E-state index >= 15 is 0 Å². The maximum atomic E-state index is 12.0. The van der Waals surface area contributed by atoms with E-state index in [1.54, 1.807) is 29.4 Å². The van der Waals surface area contributed by atoms with Gasteiger partial charge in [-0.1, -0.05) is 0 Å². The second kappa shape index (κ2) is 7.00. The molecule has 2 rings (SSSR count). The van der Waals surface area contributed by atoms with Crippen LogP contribution in [0.4, 0.5) is 0 Å². The molecular weight excluding hydrogens is 258 g/mol. The Hall–Kier alpha value is -1.95. The number of ether oxygens (including phenoxy) is 1. The number of carbonyl (C=O) groups excluding carboxylic acids is 2. The zero-order valence-electron chi connectivity index (χ0n) is 11.5. The summed E-state index contributed by atoms with van der Waals surface area (Å²) in [4.78, 5) is 29.3. The Morgan fingerprint density at radius 2 is 2.00 bits per heavy atom. The van der Waals surface area contributed by atoms with Gasteiger partial charge >= 0.3 is 0 Å². The molecule has 20 heavy (non-hydrogen) atoms. The zero-order valence-corrected chi connectivity index (χ0v) is 11.5. The van der Waals surface area contributed by atoms with Crippen molar-refractivity contribution in [3.8, 4) is 0 Å². The molecule has 1 fully saturated rings. The lowest BCUT2D eigenvalue weighted by Gasteiger charge is -2.32. The summed E-state index contributed by atoms with van der Waals surface area (Å²) < 4.78 is 4.84. The normalized spacial score (nSPS) is 15.9. The van der Waals surface area contributed by atoms with Crippen LogP contribution in [0.15, 0.2) is 24.5 Å². The Morgan fingerprint density at radius 1 is 1.35 bits per heavy atom. The van der Waals surface area contributed by atoms with Gasteiger partial charge in [0.05, 0.1) is 0 Å². The minimum Gasteiger partial charge on any atom is -0.375 e. The van der Waals surface area contributed by atoms with Crippen molar-refractivity contribution in [2.75, 3.05) is 26.8 Å². The summed E-state index contributed by atoms with van der Waals surface area (Å²) in [7, 11) is 1.51. The summed E-state index contributed by atoms with van der Waals surface area (Å²) in [5, 5.41) is 2.99. The van der Waals surface area contributed by atoms with Gasteiger partial charge in [0.1, 0.15) is 6.61 Å². The number of likely N-dealkylation sites (tertiary alicyclic amines) is 1. The Labute approximate surface area is 118 Å². The number of nitrogens with one attached hydrogen (secondary N) is 1. The highest BCUT2D eigenvalue weighted by atomic mass is 16.5. The van der Waals surface area contributed by atoms with Crippen molar-refractivity contribution in [2.45, 2.75) is 18.9 Å². The van der Waals surface area contributed by atoms with Crippen molar-refractivity contribution < 1.29 is 14.3 Å². The SMILES string of the molecule is COCC(=O)N1CCC(NC(=O)c2ccncc2)CC1. The summed E-state index contributed by atoms with van der Waals surface area (Å²) in [6, 6.07) is 3.49. The minimum absolute atomic E-state index is 0.00594. The third kappa shape index (κ3) is 3.77. The second-order valence-electron chi connectivity index (χ2n) is 4.80. The Bertz CT molecular complexity index is 456. The summed E-state index contributed by atoms with van der Waals surface area (Å²) in [5.74, 6) is -0.0829. The lowest BCUT2D eigenvalue weighted by Crippen LogP contribution is -2.47. The van der Waals surface area contributed by atoms with E-state index in [1.165, 1.54) is 7.11 Å². The first-order valence-electron chi connectivity index (χ1n) is 6.68. The van der Waals surface area contributed by atoms with Crippen molar-refractivity contribution >= 4 is 11.8 Å². The van der Waals surface area contributed by atoms with E-state index in [4.69, 9.17) is 4.74 Å². The fraction of sp³-hybridized carbons (Fsp3) is 0.500. The van der Waals surface area contributed by atoms with Gasteiger partial charge in [-0.15, -0.1) is 0 Å². The standard InChI is InChI=1S/C14H19N3O3/c1-20-10-13(18)17-8-4-12(5-9-17)16-14(19)11-2-6-15-7-3-11/h2-3,6-7,12H,4-5,8-10H2,1H3,(H,16,19). The number of hydrogen-bond donors (Lipinski definition) is 1. The van der Waals surface area contributed by atoms with Crippen LogP contribution in [-0.4, -0.2) is 54.5 Å². The van der Waals surface area contributed by atoms with Gasteiger partial charge in [0, 0.05) is 44.2 Å². The molecule has 2 amide bonds. The Kier molecular flexibility index (Phi) is 5.06. The molecule has 1 saturated heterocycles. The van der Waals surface area contributed by atoms with Crippen molar-refractivity contribution in [3.63, 3.8) is 0 Å². The molecule has 1 aromatic heterocycles. The first kappa shape index (κ1) is 14.5. The van der Waals surface area contributed by atoms with Gasteiger partial charge in [0.25, 0.3) is 5.91 Å². The van der Waals surface area contributed by atoms with Gasteiger partial charge in [0.2, 0.25) is 5.91 Å². The van der Waals surface area contributed by atoms with Crippen molar-refractivity contribution in [2.24, 2.45) is 0 Å². The Morgan fingerprint density at radius 3 is 2.60 bits per heavy atom. The van der Waals surface area contributed by atoms with E-state index in [0.717, 1.165) is 12.8 Å². The van der Waals surface area contributed by atoms with E-state index < -0.39 is 0 Å². The summed E-state index contributed by atoms with van der Waals surface area (Å²) >= 11 is 0. The third-order valence-corrected chi connectivity index (χ3v) is 3.39. The molecule has 6 nitrogen and oxygen atoms in total. The predicted molar refractivity (Wildman–Crippen MR) is 73.2 cm³/mol. The maximum Gasteiger partial charge on any atom is 0.251 e. The number of piperidine rings is 1. The first-order valence-corrected chi connectivity index (χ1v) is 6.68. The average molecular weight is 277 g/mol. The molecule has 2 heterocycles. The molecule has 0 aliphatic carbocycles. The summed E-state index contributed by atoms with van der Waals surface area (Å²) in [6.07, 6.45) is 4.74. The fourth-order valence-electron chi connectivity index (χ4n) is 2.26.